The Morgan fingerprint density at radius 3 is 2.45 bits per heavy atom. The molecular formula is C22H18N4O2S. The van der Waals surface area contributed by atoms with Gasteiger partial charge >= 0.3 is 0 Å². The van der Waals surface area contributed by atoms with Gasteiger partial charge in [0.1, 0.15) is 0 Å². The largest absolute Gasteiger partial charge is 0.471 e. The van der Waals surface area contributed by atoms with Crippen molar-refractivity contribution >= 4 is 23.1 Å². The molecule has 1 aliphatic carbocycles. The third-order valence-corrected chi connectivity index (χ3v) is 4.49. The van der Waals surface area contributed by atoms with Gasteiger partial charge in [-0.1, -0.05) is 48.5 Å². The van der Waals surface area contributed by atoms with Gasteiger partial charge in [-0.2, -0.15) is 0 Å². The highest BCUT2D eigenvalue weighted by molar-refractivity contribution is 7.80. The highest BCUT2D eigenvalue weighted by atomic mass is 32.1. The molecule has 0 unspecified atom stereocenters. The normalized spacial score (nSPS) is 10.7. The van der Waals surface area contributed by atoms with Gasteiger partial charge in [-0.25, -0.2) is 9.67 Å². The maximum Gasteiger partial charge on any atom is 0.261 e. The number of para-hydroxylation sites is 1. The van der Waals surface area contributed by atoms with Crippen molar-refractivity contribution in [3.63, 3.8) is 0 Å². The number of hydrogen-bond acceptors (Lipinski definition) is 5. The van der Waals surface area contributed by atoms with Crippen molar-refractivity contribution in [1.29, 1.82) is 0 Å². The second-order valence-electron chi connectivity index (χ2n) is 6.23. The van der Waals surface area contributed by atoms with Crippen LogP contribution < -0.4 is 10.7 Å². The number of anilines is 1. The summed E-state index contributed by atoms with van der Waals surface area (Å²) in [5.74, 6) is 0.555. The second-order valence-corrected chi connectivity index (χ2v) is 6.60. The van der Waals surface area contributed by atoms with Crippen molar-refractivity contribution in [1.82, 2.24) is 14.8 Å². The lowest BCUT2D eigenvalue weighted by atomic mass is 10.1. The Morgan fingerprint density at radius 1 is 1.07 bits per heavy atom. The third-order valence-electron chi connectivity index (χ3n) is 4.27. The molecule has 0 saturated heterocycles. The van der Waals surface area contributed by atoms with Gasteiger partial charge in [-0.3, -0.25) is 4.79 Å². The van der Waals surface area contributed by atoms with Crippen LogP contribution in [0.4, 0.5) is 5.69 Å². The van der Waals surface area contributed by atoms with Gasteiger partial charge in [0.15, 0.2) is 5.82 Å². The number of thiocarbonyl (C=S) groups is 1. The molecule has 1 N–H and O–H groups in total. The molecule has 0 fully saturated rings. The molecule has 1 heterocycles. The minimum Gasteiger partial charge on any atom is -0.471 e. The lowest BCUT2D eigenvalue weighted by Crippen LogP contribution is -2.20. The molecule has 144 valence electrons. The number of fused-ring (bicyclic) bond motifs is 1. The first-order chi connectivity index (χ1) is 14.2. The van der Waals surface area contributed by atoms with Gasteiger partial charge < -0.3 is 10.1 Å². The Labute approximate surface area is 173 Å². The number of nitrogens with zero attached hydrogens (tertiary/aromatic N) is 3. The first kappa shape index (κ1) is 18.8. The van der Waals surface area contributed by atoms with Crippen LogP contribution in [0.25, 0.3) is 28.5 Å². The molecule has 2 aromatic carbocycles. The van der Waals surface area contributed by atoms with Gasteiger partial charge in [-0.15, -0.1) is 5.10 Å². The van der Waals surface area contributed by atoms with E-state index in [1.54, 1.807) is 10.7 Å². The average Bonchev–Trinajstić information content (AvgIpc) is 2.75. The zero-order chi connectivity index (χ0) is 20.2. The Kier molecular flexibility index (Phi) is 5.31. The fraction of sp³-hybridized carbons (Fsp3) is 0.0909. The lowest BCUT2D eigenvalue weighted by Gasteiger charge is -2.17. The van der Waals surface area contributed by atoms with Crippen LogP contribution in [0.1, 0.15) is 6.92 Å². The van der Waals surface area contributed by atoms with Gasteiger partial charge in [0.2, 0.25) is 5.43 Å². The monoisotopic (exact) mass is 402 g/mol. The van der Waals surface area contributed by atoms with Crippen molar-refractivity contribution < 1.29 is 4.74 Å². The van der Waals surface area contributed by atoms with Crippen molar-refractivity contribution in [2.24, 2.45) is 0 Å². The van der Waals surface area contributed by atoms with Gasteiger partial charge in [0.05, 0.1) is 29.4 Å². The quantitative estimate of drug-likeness (QED) is 0.518. The van der Waals surface area contributed by atoms with Crippen LogP contribution in [-0.4, -0.2) is 26.5 Å². The van der Waals surface area contributed by atoms with E-state index in [2.05, 4.69) is 5.32 Å². The zero-order valence-electron chi connectivity index (χ0n) is 15.7. The number of aromatic nitrogens is 3. The molecule has 0 bridgehead atoms. The number of nitrogens with one attached hydrogen (secondary N) is 1. The summed E-state index contributed by atoms with van der Waals surface area (Å²) in [5, 5.41) is 7.70. The van der Waals surface area contributed by atoms with Crippen LogP contribution >= 0.6 is 12.2 Å². The number of benzene rings is 3. The smallest absolute Gasteiger partial charge is 0.261 e. The Bertz CT molecular complexity index is 1180. The van der Waals surface area contributed by atoms with Gasteiger partial charge in [0, 0.05) is 11.6 Å². The predicted molar refractivity (Wildman–Crippen MR) is 118 cm³/mol. The summed E-state index contributed by atoms with van der Waals surface area (Å²) in [7, 11) is 0. The Hall–Kier alpha value is -3.58. The standard InChI is InChI=1S/C22H18N4O2S/c1-2-28-22(29)24-18-13-17-19(14-20(18)27)26(16-11-7-4-8-12-16)25-21(23-17)15-9-5-3-6-10-15/h3-14H,2H2,1H3,(H,24,29). The van der Waals surface area contributed by atoms with Crippen LogP contribution in [0.15, 0.2) is 77.6 Å². The minimum absolute atomic E-state index is 0.150. The molecule has 0 amide bonds. The van der Waals surface area contributed by atoms with Gasteiger partial charge in [0.25, 0.3) is 5.17 Å². The van der Waals surface area contributed by atoms with E-state index < -0.39 is 0 Å². The van der Waals surface area contributed by atoms with E-state index in [0.717, 1.165) is 11.3 Å². The van der Waals surface area contributed by atoms with E-state index in [1.165, 1.54) is 6.07 Å². The molecule has 0 atom stereocenters. The SMILES string of the molecule is CCOC(=S)Nc1cc2nc(-c3ccccc3)nn(-c3ccccc3)c-2cc1=O. The van der Waals surface area contributed by atoms with Crippen LogP contribution in [0.2, 0.25) is 0 Å². The molecular weight excluding hydrogens is 384 g/mol. The van der Waals surface area contributed by atoms with E-state index in [0.29, 0.717) is 29.5 Å². The van der Waals surface area contributed by atoms with Crippen LogP contribution in [-0.2, 0) is 4.74 Å². The van der Waals surface area contributed by atoms with Crippen LogP contribution in [0.5, 0.6) is 0 Å². The first-order valence-corrected chi connectivity index (χ1v) is 9.56. The third kappa shape index (κ3) is 4.00. The Balaban J connectivity index is 1.92. The molecule has 2 aliphatic rings. The summed E-state index contributed by atoms with van der Waals surface area (Å²) in [6.07, 6.45) is 0. The summed E-state index contributed by atoms with van der Waals surface area (Å²) < 4.78 is 6.98. The molecule has 1 aliphatic heterocycles. The minimum atomic E-state index is -0.222. The van der Waals surface area contributed by atoms with E-state index >= 15 is 0 Å². The van der Waals surface area contributed by atoms with E-state index in [1.807, 2.05) is 67.6 Å². The Morgan fingerprint density at radius 2 is 1.76 bits per heavy atom. The maximum absolute atomic E-state index is 12.7. The fourth-order valence-electron chi connectivity index (χ4n) is 2.95. The summed E-state index contributed by atoms with van der Waals surface area (Å²) in [4.78, 5) is 17.4. The second kappa shape index (κ2) is 8.20. The van der Waals surface area contributed by atoms with E-state index in [4.69, 9.17) is 27.0 Å². The molecule has 4 rings (SSSR count). The molecule has 7 heteroatoms. The maximum atomic E-state index is 12.7. The summed E-state index contributed by atoms with van der Waals surface area (Å²) >= 11 is 5.11. The van der Waals surface area contributed by atoms with E-state index in [-0.39, 0.29) is 10.6 Å². The topological polar surface area (TPSA) is 69.0 Å². The number of ether oxygens (including phenoxy) is 1. The van der Waals surface area contributed by atoms with Crippen LogP contribution in [0, 0.1) is 0 Å². The predicted octanol–water partition coefficient (Wildman–Crippen LogP) is 4.13. The molecule has 6 nitrogen and oxygen atoms in total. The number of hydrogen-bond donors (Lipinski definition) is 1. The first-order valence-electron chi connectivity index (χ1n) is 9.15. The summed E-state index contributed by atoms with van der Waals surface area (Å²) in [6.45, 7) is 2.25. The molecule has 0 saturated carbocycles. The van der Waals surface area contributed by atoms with Crippen molar-refractivity contribution in [2.45, 2.75) is 6.92 Å². The summed E-state index contributed by atoms with van der Waals surface area (Å²) in [5.41, 5.74) is 3.03. The van der Waals surface area contributed by atoms with Crippen LogP contribution in [0.3, 0.4) is 0 Å². The molecule has 2 aromatic rings. The van der Waals surface area contributed by atoms with Crippen molar-refractivity contribution in [3.05, 3.63) is 83.0 Å². The summed E-state index contributed by atoms with van der Waals surface area (Å²) in [6, 6.07) is 22.5. The molecule has 0 spiro atoms. The average molecular weight is 402 g/mol. The number of rotatable bonds is 4. The molecule has 29 heavy (non-hydrogen) atoms. The highest BCUT2D eigenvalue weighted by Gasteiger charge is 2.18. The fourth-order valence-corrected chi connectivity index (χ4v) is 3.18. The van der Waals surface area contributed by atoms with E-state index in [9.17, 15) is 4.79 Å². The highest BCUT2D eigenvalue weighted by Crippen LogP contribution is 2.26. The lowest BCUT2D eigenvalue weighted by molar-refractivity contribution is 0.335. The van der Waals surface area contributed by atoms with Gasteiger partial charge in [-0.05, 0) is 37.3 Å². The zero-order valence-corrected chi connectivity index (χ0v) is 16.5. The molecule has 0 aromatic heterocycles. The van der Waals surface area contributed by atoms with Crippen molar-refractivity contribution in [3.8, 4) is 28.5 Å². The molecule has 0 radical (unpaired) electrons. The van der Waals surface area contributed by atoms with Crippen molar-refractivity contribution in [2.75, 3.05) is 11.9 Å².